The van der Waals surface area contributed by atoms with Crippen molar-refractivity contribution < 1.29 is 9.47 Å². The van der Waals surface area contributed by atoms with Gasteiger partial charge in [0.15, 0.2) is 0 Å². The first kappa shape index (κ1) is 14.0. The van der Waals surface area contributed by atoms with Crippen molar-refractivity contribution in [3.63, 3.8) is 0 Å². The molecule has 2 heteroatoms. The molecular weight excluding hydrogens is 260 g/mol. The SMILES string of the molecule is COc1ccc(COc2ccc(C3CCCC3)cc2)cc1. The molecular formula is C19H22O2. The zero-order chi connectivity index (χ0) is 14.5. The van der Waals surface area contributed by atoms with Crippen LogP contribution in [0.5, 0.6) is 11.5 Å². The summed E-state index contributed by atoms with van der Waals surface area (Å²) >= 11 is 0. The Morgan fingerprint density at radius 3 is 2.10 bits per heavy atom. The minimum atomic E-state index is 0.590. The van der Waals surface area contributed by atoms with E-state index in [2.05, 4.69) is 24.3 Å². The van der Waals surface area contributed by atoms with E-state index in [0.717, 1.165) is 23.0 Å². The number of methoxy groups -OCH3 is 1. The summed E-state index contributed by atoms with van der Waals surface area (Å²) < 4.78 is 11.0. The molecule has 3 rings (SSSR count). The zero-order valence-electron chi connectivity index (χ0n) is 12.5. The first-order chi connectivity index (χ1) is 10.3. The average molecular weight is 282 g/mol. The van der Waals surface area contributed by atoms with Gasteiger partial charge in [-0.3, -0.25) is 0 Å². The van der Waals surface area contributed by atoms with E-state index >= 15 is 0 Å². The van der Waals surface area contributed by atoms with Crippen molar-refractivity contribution in [2.75, 3.05) is 7.11 Å². The summed E-state index contributed by atoms with van der Waals surface area (Å²) in [7, 11) is 1.68. The lowest BCUT2D eigenvalue weighted by Crippen LogP contribution is -1.96. The molecule has 2 aromatic carbocycles. The Kier molecular flexibility index (Phi) is 4.44. The maximum atomic E-state index is 5.84. The van der Waals surface area contributed by atoms with Crippen LogP contribution in [0.1, 0.15) is 42.7 Å². The summed E-state index contributed by atoms with van der Waals surface area (Å²) in [4.78, 5) is 0. The van der Waals surface area contributed by atoms with Gasteiger partial charge >= 0.3 is 0 Å². The fraction of sp³-hybridized carbons (Fsp3) is 0.368. The van der Waals surface area contributed by atoms with Crippen molar-refractivity contribution in [1.82, 2.24) is 0 Å². The molecule has 0 radical (unpaired) electrons. The Labute approximate surface area is 126 Å². The largest absolute Gasteiger partial charge is 0.497 e. The Morgan fingerprint density at radius 1 is 0.857 bits per heavy atom. The zero-order valence-corrected chi connectivity index (χ0v) is 12.5. The third kappa shape index (κ3) is 3.57. The van der Waals surface area contributed by atoms with E-state index in [1.807, 2.05) is 24.3 Å². The fourth-order valence-corrected chi connectivity index (χ4v) is 2.98. The van der Waals surface area contributed by atoms with E-state index in [4.69, 9.17) is 9.47 Å². The quantitative estimate of drug-likeness (QED) is 0.774. The van der Waals surface area contributed by atoms with E-state index in [1.165, 1.54) is 31.2 Å². The van der Waals surface area contributed by atoms with E-state index in [-0.39, 0.29) is 0 Å². The van der Waals surface area contributed by atoms with Crippen LogP contribution in [-0.2, 0) is 6.61 Å². The summed E-state index contributed by atoms with van der Waals surface area (Å²) in [5, 5.41) is 0. The van der Waals surface area contributed by atoms with Crippen LogP contribution in [0.15, 0.2) is 48.5 Å². The van der Waals surface area contributed by atoms with Crippen molar-refractivity contribution in [2.45, 2.75) is 38.2 Å². The topological polar surface area (TPSA) is 18.5 Å². The molecule has 1 aliphatic carbocycles. The second-order valence-corrected chi connectivity index (χ2v) is 5.69. The van der Waals surface area contributed by atoms with Crippen molar-refractivity contribution in [3.8, 4) is 11.5 Å². The van der Waals surface area contributed by atoms with Gasteiger partial charge in [0.25, 0.3) is 0 Å². The van der Waals surface area contributed by atoms with Gasteiger partial charge in [-0.1, -0.05) is 37.1 Å². The molecule has 0 aliphatic heterocycles. The number of hydrogen-bond donors (Lipinski definition) is 0. The molecule has 0 unspecified atom stereocenters. The maximum Gasteiger partial charge on any atom is 0.119 e. The van der Waals surface area contributed by atoms with Crippen LogP contribution in [0, 0.1) is 0 Å². The minimum Gasteiger partial charge on any atom is -0.497 e. The van der Waals surface area contributed by atoms with Gasteiger partial charge in [-0.05, 0) is 54.2 Å². The van der Waals surface area contributed by atoms with Crippen LogP contribution in [0.3, 0.4) is 0 Å². The molecule has 1 aliphatic rings. The summed E-state index contributed by atoms with van der Waals surface area (Å²) in [5.41, 5.74) is 2.61. The third-order valence-electron chi connectivity index (χ3n) is 4.27. The maximum absolute atomic E-state index is 5.84. The van der Waals surface area contributed by atoms with Gasteiger partial charge in [-0.15, -0.1) is 0 Å². The molecule has 0 spiro atoms. The molecule has 21 heavy (non-hydrogen) atoms. The van der Waals surface area contributed by atoms with Gasteiger partial charge in [0.2, 0.25) is 0 Å². The van der Waals surface area contributed by atoms with Crippen LogP contribution in [0.25, 0.3) is 0 Å². The molecule has 1 saturated carbocycles. The minimum absolute atomic E-state index is 0.590. The molecule has 1 fully saturated rings. The fourth-order valence-electron chi connectivity index (χ4n) is 2.98. The highest BCUT2D eigenvalue weighted by Crippen LogP contribution is 2.34. The molecule has 0 N–H and O–H groups in total. The number of ether oxygens (including phenoxy) is 2. The number of hydrogen-bond acceptors (Lipinski definition) is 2. The molecule has 0 amide bonds. The first-order valence-corrected chi connectivity index (χ1v) is 7.71. The van der Waals surface area contributed by atoms with Crippen molar-refractivity contribution >= 4 is 0 Å². The van der Waals surface area contributed by atoms with E-state index < -0.39 is 0 Å². The molecule has 0 aromatic heterocycles. The predicted octanol–water partition coefficient (Wildman–Crippen LogP) is 4.93. The normalized spacial score (nSPS) is 15.1. The Balaban J connectivity index is 1.57. The van der Waals surface area contributed by atoms with Crippen LogP contribution < -0.4 is 9.47 Å². The van der Waals surface area contributed by atoms with E-state index in [9.17, 15) is 0 Å². The first-order valence-electron chi connectivity index (χ1n) is 7.71. The standard InChI is InChI=1S/C19H22O2/c1-20-18-10-6-15(7-11-18)14-21-19-12-8-17(9-13-19)16-4-2-3-5-16/h6-13,16H,2-5,14H2,1H3. The van der Waals surface area contributed by atoms with Gasteiger partial charge in [0, 0.05) is 0 Å². The van der Waals surface area contributed by atoms with Gasteiger partial charge in [-0.2, -0.15) is 0 Å². The molecule has 0 atom stereocenters. The molecule has 0 saturated heterocycles. The van der Waals surface area contributed by atoms with Gasteiger partial charge in [-0.25, -0.2) is 0 Å². The lowest BCUT2D eigenvalue weighted by molar-refractivity contribution is 0.306. The van der Waals surface area contributed by atoms with Crippen molar-refractivity contribution in [1.29, 1.82) is 0 Å². The van der Waals surface area contributed by atoms with Crippen LogP contribution in [-0.4, -0.2) is 7.11 Å². The van der Waals surface area contributed by atoms with E-state index in [0.29, 0.717) is 6.61 Å². The van der Waals surface area contributed by atoms with Crippen LogP contribution in [0.4, 0.5) is 0 Å². The second kappa shape index (κ2) is 6.66. The Hall–Kier alpha value is -1.96. The van der Waals surface area contributed by atoms with Gasteiger partial charge < -0.3 is 9.47 Å². The van der Waals surface area contributed by atoms with Crippen LogP contribution in [0.2, 0.25) is 0 Å². The second-order valence-electron chi connectivity index (χ2n) is 5.69. The van der Waals surface area contributed by atoms with Crippen LogP contribution >= 0.6 is 0 Å². The molecule has 2 aromatic rings. The monoisotopic (exact) mass is 282 g/mol. The third-order valence-corrected chi connectivity index (χ3v) is 4.27. The van der Waals surface area contributed by atoms with Gasteiger partial charge in [0.1, 0.15) is 18.1 Å². The highest BCUT2D eigenvalue weighted by atomic mass is 16.5. The summed E-state index contributed by atoms with van der Waals surface area (Å²) in [6.07, 6.45) is 5.43. The lowest BCUT2D eigenvalue weighted by Gasteiger charge is -2.11. The van der Waals surface area contributed by atoms with Crippen molar-refractivity contribution in [2.24, 2.45) is 0 Å². The predicted molar refractivity (Wildman–Crippen MR) is 85.0 cm³/mol. The number of benzene rings is 2. The lowest BCUT2D eigenvalue weighted by atomic mass is 9.98. The molecule has 110 valence electrons. The highest BCUT2D eigenvalue weighted by molar-refractivity contribution is 5.31. The number of rotatable bonds is 5. The van der Waals surface area contributed by atoms with Crippen molar-refractivity contribution in [3.05, 3.63) is 59.7 Å². The smallest absolute Gasteiger partial charge is 0.119 e. The molecule has 0 heterocycles. The summed E-state index contributed by atoms with van der Waals surface area (Å²) in [6.45, 7) is 0.590. The summed E-state index contributed by atoms with van der Waals surface area (Å²) in [6, 6.07) is 16.6. The molecule has 0 bridgehead atoms. The Bertz CT molecular complexity index is 551. The van der Waals surface area contributed by atoms with E-state index in [1.54, 1.807) is 7.11 Å². The Morgan fingerprint density at radius 2 is 1.48 bits per heavy atom. The van der Waals surface area contributed by atoms with Gasteiger partial charge in [0.05, 0.1) is 7.11 Å². The average Bonchev–Trinajstić information content (AvgIpc) is 3.08. The molecule has 2 nitrogen and oxygen atoms in total. The summed E-state index contributed by atoms with van der Waals surface area (Å²) in [5.74, 6) is 2.58. The highest BCUT2D eigenvalue weighted by Gasteiger charge is 2.16.